The van der Waals surface area contributed by atoms with Gasteiger partial charge < -0.3 is 19.9 Å². The Morgan fingerprint density at radius 2 is 2.00 bits per heavy atom. The van der Waals surface area contributed by atoms with Gasteiger partial charge in [-0.15, -0.1) is 0 Å². The van der Waals surface area contributed by atoms with Gasteiger partial charge in [0.25, 0.3) is 0 Å². The molecule has 0 spiro atoms. The van der Waals surface area contributed by atoms with E-state index in [9.17, 15) is 5.11 Å². The Labute approximate surface area is 104 Å². The molecule has 0 aliphatic carbocycles. The molecule has 0 aromatic rings. The number of ether oxygens (including phenoxy) is 2. The molecule has 100 valence electrons. The average Bonchev–Trinajstić information content (AvgIpc) is 2.65. The van der Waals surface area contributed by atoms with E-state index in [1.54, 1.807) is 0 Å². The lowest BCUT2D eigenvalue weighted by Gasteiger charge is -2.30. The summed E-state index contributed by atoms with van der Waals surface area (Å²) >= 11 is 0. The Kier molecular flexibility index (Phi) is 3.28. The fourth-order valence-electron chi connectivity index (χ4n) is 2.93. The number of hydrogen-bond donors (Lipinski definition) is 2. The van der Waals surface area contributed by atoms with Gasteiger partial charge in [0, 0.05) is 25.6 Å². The van der Waals surface area contributed by atoms with E-state index in [4.69, 9.17) is 9.47 Å². The normalized spacial score (nSPS) is 39.7. The Hall–Kier alpha value is -0.160. The molecule has 2 heterocycles. The molecule has 2 atom stereocenters. The van der Waals surface area contributed by atoms with Crippen LogP contribution in [0.3, 0.4) is 0 Å². The largest absolute Gasteiger partial charge is 0.386 e. The predicted molar refractivity (Wildman–Crippen MR) is 66.0 cm³/mol. The number of nitrogens with one attached hydrogen (secondary N) is 1. The first-order valence-electron chi connectivity index (χ1n) is 6.46. The lowest BCUT2D eigenvalue weighted by atomic mass is 9.93. The Morgan fingerprint density at radius 1 is 1.29 bits per heavy atom. The van der Waals surface area contributed by atoms with E-state index in [2.05, 4.69) is 33.0 Å². The van der Waals surface area contributed by atoms with Crippen molar-refractivity contribution in [2.75, 3.05) is 19.8 Å². The van der Waals surface area contributed by atoms with Crippen LogP contribution in [0.25, 0.3) is 0 Å². The molecule has 2 aliphatic heterocycles. The zero-order valence-corrected chi connectivity index (χ0v) is 11.4. The number of aliphatic hydroxyl groups is 1. The molecule has 2 rings (SSSR count). The van der Waals surface area contributed by atoms with Crippen molar-refractivity contribution in [2.45, 2.75) is 63.4 Å². The van der Waals surface area contributed by atoms with Crippen molar-refractivity contribution in [2.24, 2.45) is 0 Å². The third-order valence-electron chi connectivity index (χ3n) is 3.83. The fraction of sp³-hybridized carbons (Fsp3) is 1.00. The maximum atomic E-state index is 10.2. The van der Waals surface area contributed by atoms with Gasteiger partial charge in [0.1, 0.15) is 5.60 Å². The van der Waals surface area contributed by atoms with E-state index < -0.39 is 5.60 Å². The topological polar surface area (TPSA) is 50.7 Å². The molecule has 4 heteroatoms. The van der Waals surface area contributed by atoms with Gasteiger partial charge in [-0.3, -0.25) is 0 Å². The second-order valence-corrected chi connectivity index (χ2v) is 6.63. The smallest absolute Gasteiger partial charge is 0.103 e. The summed E-state index contributed by atoms with van der Waals surface area (Å²) in [6.07, 6.45) is 1.69. The third-order valence-corrected chi connectivity index (χ3v) is 3.83. The van der Waals surface area contributed by atoms with Crippen molar-refractivity contribution in [3.63, 3.8) is 0 Å². The Morgan fingerprint density at radius 3 is 2.47 bits per heavy atom. The summed E-state index contributed by atoms with van der Waals surface area (Å²) in [5.41, 5.74) is -0.960. The first-order valence-corrected chi connectivity index (χ1v) is 6.46. The number of rotatable bonds is 3. The van der Waals surface area contributed by atoms with Gasteiger partial charge in [-0.05, 0) is 34.1 Å². The lowest BCUT2D eigenvalue weighted by molar-refractivity contribution is -0.0713. The monoisotopic (exact) mass is 243 g/mol. The molecule has 0 bridgehead atoms. The highest BCUT2D eigenvalue weighted by Crippen LogP contribution is 2.37. The predicted octanol–water partition coefficient (Wildman–Crippen LogP) is 1.07. The highest BCUT2D eigenvalue weighted by Gasteiger charge is 2.46. The molecule has 0 radical (unpaired) electrons. The summed E-state index contributed by atoms with van der Waals surface area (Å²) in [5, 5.41) is 13.7. The van der Waals surface area contributed by atoms with Crippen LogP contribution in [0.5, 0.6) is 0 Å². The lowest BCUT2D eigenvalue weighted by Crippen LogP contribution is -2.50. The first-order chi connectivity index (χ1) is 7.73. The molecule has 0 aromatic heterocycles. The summed E-state index contributed by atoms with van der Waals surface area (Å²) in [5.74, 6) is 0. The second-order valence-electron chi connectivity index (χ2n) is 6.63. The van der Waals surface area contributed by atoms with Crippen LogP contribution in [0.1, 0.15) is 40.5 Å². The van der Waals surface area contributed by atoms with Crippen LogP contribution in [0, 0.1) is 0 Å². The SMILES string of the molecule is CC1(C)C[C@H](NC[C@]2(O)CCOC2)C(C)(C)O1. The van der Waals surface area contributed by atoms with Crippen molar-refractivity contribution in [3.8, 4) is 0 Å². The van der Waals surface area contributed by atoms with Crippen LogP contribution in [0.4, 0.5) is 0 Å². The Bertz CT molecular complexity index is 282. The van der Waals surface area contributed by atoms with Gasteiger partial charge in [0.15, 0.2) is 0 Å². The molecule has 0 aromatic carbocycles. The summed E-state index contributed by atoms with van der Waals surface area (Å²) in [6.45, 7) is 10.1. The summed E-state index contributed by atoms with van der Waals surface area (Å²) < 4.78 is 11.3. The van der Waals surface area contributed by atoms with Crippen molar-refractivity contribution in [1.82, 2.24) is 5.32 Å². The van der Waals surface area contributed by atoms with Crippen LogP contribution in [0.15, 0.2) is 0 Å². The molecule has 2 aliphatic rings. The van der Waals surface area contributed by atoms with Crippen molar-refractivity contribution >= 4 is 0 Å². The second kappa shape index (κ2) is 4.19. The van der Waals surface area contributed by atoms with Gasteiger partial charge >= 0.3 is 0 Å². The molecule has 17 heavy (non-hydrogen) atoms. The molecule has 2 fully saturated rings. The maximum absolute atomic E-state index is 10.2. The van der Waals surface area contributed by atoms with Crippen molar-refractivity contribution in [3.05, 3.63) is 0 Å². The fourth-order valence-corrected chi connectivity index (χ4v) is 2.93. The van der Waals surface area contributed by atoms with E-state index in [-0.39, 0.29) is 17.2 Å². The minimum Gasteiger partial charge on any atom is -0.386 e. The van der Waals surface area contributed by atoms with Gasteiger partial charge in [-0.1, -0.05) is 0 Å². The van der Waals surface area contributed by atoms with E-state index in [1.807, 2.05) is 0 Å². The molecule has 4 nitrogen and oxygen atoms in total. The van der Waals surface area contributed by atoms with Crippen molar-refractivity contribution in [1.29, 1.82) is 0 Å². The van der Waals surface area contributed by atoms with Crippen molar-refractivity contribution < 1.29 is 14.6 Å². The van der Waals surface area contributed by atoms with Gasteiger partial charge in [0.2, 0.25) is 0 Å². The molecule has 2 saturated heterocycles. The first kappa shape index (κ1) is 13.3. The molecule has 0 saturated carbocycles. The highest BCUT2D eigenvalue weighted by atomic mass is 16.5. The third kappa shape index (κ3) is 2.99. The molecular weight excluding hydrogens is 218 g/mol. The van der Waals surface area contributed by atoms with Crippen LogP contribution in [-0.4, -0.2) is 47.7 Å². The quantitative estimate of drug-likeness (QED) is 0.778. The standard InChI is InChI=1S/C13H25NO3/c1-11(2)7-10(12(3,4)17-11)14-8-13(15)5-6-16-9-13/h10,14-15H,5-9H2,1-4H3/t10-,13+/m0/s1. The zero-order chi connectivity index (χ0) is 12.7. The van der Waals surface area contributed by atoms with E-state index in [1.165, 1.54) is 0 Å². The van der Waals surface area contributed by atoms with Crippen LogP contribution >= 0.6 is 0 Å². The minimum absolute atomic E-state index is 0.0873. The molecule has 2 N–H and O–H groups in total. The van der Waals surface area contributed by atoms with E-state index >= 15 is 0 Å². The maximum Gasteiger partial charge on any atom is 0.103 e. The van der Waals surface area contributed by atoms with Gasteiger partial charge in [-0.25, -0.2) is 0 Å². The van der Waals surface area contributed by atoms with E-state index in [0.29, 0.717) is 19.8 Å². The van der Waals surface area contributed by atoms with Crippen LogP contribution in [-0.2, 0) is 9.47 Å². The number of hydrogen-bond acceptors (Lipinski definition) is 4. The van der Waals surface area contributed by atoms with Crippen LogP contribution < -0.4 is 5.32 Å². The van der Waals surface area contributed by atoms with Gasteiger partial charge in [0.05, 0.1) is 17.8 Å². The average molecular weight is 243 g/mol. The van der Waals surface area contributed by atoms with Gasteiger partial charge in [-0.2, -0.15) is 0 Å². The Balaban J connectivity index is 1.91. The molecule has 0 amide bonds. The summed E-state index contributed by atoms with van der Waals surface area (Å²) in [6, 6.07) is 0.280. The molecular formula is C13H25NO3. The highest BCUT2D eigenvalue weighted by molar-refractivity contribution is 5.00. The summed E-state index contributed by atoms with van der Waals surface area (Å²) in [7, 11) is 0. The zero-order valence-electron chi connectivity index (χ0n) is 11.4. The minimum atomic E-state index is -0.692. The summed E-state index contributed by atoms with van der Waals surface area (Å²) in [4.78, 5) is 0. The van der Waals surface area contributed by atoms with Crippen LogP contribution in [0.2, 0.25) is 0 Å². The van der Waals surface area contributed by atoms with E-state index in [0.717, 1.165) is 12.8 Å². The molecule has 0 unspecified atom stereocenters.